The molecule has 2 aromatic heterocycles. The summed E-state index contributed by atoms with van der Waals surface area (Å²) in [4.78, 5) is 44.3. The number of nitrogens with one attached hydrogen (secondary N) is 1. The van der Waals surface area contributed by atoms with Gasteiger partial charge in [-0.05, 0) is 56.4 Å². The third kappa shape index (κ3) is 7.14. The van der Waals surface area contributed by atoms with Crippen molar-refractivity contribution in [2.24, 2.45) is 5.92 Å². The normalized spacial score (nSPS) is 17.1. The van der Waals surface area contributed by atoms with E-state index in [1.54, 1.807) is 24.7 Å². The number of aryl methyl sites for hydroxylation is 1. The highest BCUT2D eigenvalue weighted by atomic mass is 16.5. The molecular formula is C26H36N4O5. The minimum absolute atomic E-state index is 0.145. The van der Waals surface area contributed by atoms with Crippen LogP contribution >= 0.6 is 0 Å². The molecule has 2 atom stereocenters. The quantitative estimate of drug-likeness (QED) is 0.562. The second-order valence-corrected chi connectivity index (χ2v) is 10.3. The van der Waals surface area contributed by atoms with Gasteiger partial charge >= 0.3 is 5.97 Å². The number of carbonyl (C=O) groups is 2. The first-order chi connectivity index (χ1) is 16.4. The fraction of sp³-hybridized carbons (Fsp3) is 0.538. The average molecular weight is 485 g/mol. The van der Waals surface area contributed by atoms with Crippen molar-refractivity contribution in [3.63, 3.8) is 0 Å². The van der Waals surface area contributed by atoms with Gasteiger partial charge in [-0.2, -0.15) is 0 Å². The van der Waals surface area contributed by atoms with E-state index < -0.39 is 24.0 Å². The van der Waals surface area contributed by atoms with E-state index in [4.69, 9.17) is 4.74 Å². The maximum Gasteiger partial charge on any atom is 0.305 e. The lowest BCUT2D eigenvalue weighted by Gasteiger charge is -2.39. The van der Waals surface area contributed by atoms with Gasteiger partial charge in [0.15, 0.2) is 0 Å². The zero-order valence-corrected chi connectivity index (χ0v) is 21.2. The molecule has 1 amide bonds. The minimum Gasteiger partial charge on any atom is -0.481 e. The van der Waals surface area contributed by atoms with E-state index in [0.29, 0.717) is 31.7 Å². The Bertz CT molecular complexity index is 1110. The van der Waals surface area contributed by atoms with E-state index in [1.165, 1.54) is 10.6 Å². The number of hydrogen-bond acceptors (Lipinski definition) is 6. The number of anilines is 1. The zero-order chi connectivity index (χ0) is 25.8. The number of amides is 1. The van der Waals surface area contributed by atoms with Gasteiger partial charge in [0, 0.05) is 31.5 Å². The number of pyridine rings is 2. The molecular weight excluding hydrogens is 448 g/mol. The number of hydrogen-bond donors (Lipinski definition) is 2. The van der Waals surface area contributed by atoms with E-state index in [2.05, 4.69) is 15.2 Å². The molecule has 0 aromatic carbocycles. The van der Waals surface area contributed by atoms with Crippen molar-refractivity contribution in [3.05, 3.63) is 58.3 Å². The lowest BCUT2D eigenvalue weighted by molar-refractivity contribution is -0.138. The topological polar surface area (TPSA) is 114 Å². The minimum atomic E-state index is -1.04. The second kappa shape index (κ2) is 11.0. The fourth-order valence-electron chi connectivity index (χ4n) is 4.38. The van der Waals surface area contributed by atoms with Crippen LogP contribution in [0.1, 0.15) is 63.7 Å². The molecule has 9 nitrogen and oxygen atoms in total. The first kappa shape index (κ1) is 26.4. The molecule has 3 heterocycles. The number of ether oxygens (including phenoxy) is 1. The van der Waals surface area contributed by atoms with Gasteiger partial charge in [0.05, 0.1) is 36.6 Å². The molecule has 2 aromatic rings. The molecule has 35 heavy (non-hydrogen) atoms. The zero-order valence-electron chi connectivity index (χ0n) is 21.2. The molecule has 9 heteroatoms. The van der Waals surface area contributed by atoms with Crippen LogP contribution < -0.4 is 15.8 Å². The first-order valence-electron chi connectivity index (χ1n) is 12.0. The van der Waals surface area contributed by atoms with Crippen LogP contribution in [0.2, 0.25) is 0 Å². The van der Waals surface area contributed by atoms with Gasteiger partial charge < -0.3 is 24.6 Å². The number of carboxylic acids is 1. The Labute approximate surface area is 206 Å². The van der Waals surface area contributed by atoms with Crippen molar-refractivity contribution in [1.82, 2.24) is 14.9 Å². The third-order valence-electron chi connectivity index (χ3n) is 6.07. The van der Waals surface area contributed by atoms with Gasteiger partial charge in [0.2, 0.25) is 5.91 Å². The van der Waals surface area contributed by atoms with Crippen molar-refractivity contribution >= 4 is 17.6 Å². The summed E-state index contributed by atoms with van der Waals surface area (Å²) in [5, 5.41) is 12.5. The van der Waals surface area contributed by atoms with Crippen LogP contribution in [0.4, 0.5) is 5.69 Å². The van der Waals surface area contributed by atoms with E-state index in [-0.39, 0.29) is 23.5 Å². The molecule has 0 radical (unpaired) electrons. The maximum absolute atomic E-state index is 13.4. The van der Waals surface area contributed by atoms with Crippen LogP contribution in [0.25, 0.3) is 0 Å². The average Bonchev–Trinajstić information content (AvgIpc) is 2.76. The molecule has 1 fully saturated rings. The van der Waals surface area contributed by atoms with Crippen molar-refractivity contribution < 1.29 is 19.4 Å². The standard InChI is InChI=1S/C26H36N4O5/c1-17(2)10-22(30-7-6-18(3)11-23(30)31)25(34)28-21(13-24(32)33)19-12-20(15-27-14-19)29-8-9-35-26(4,5)16-29/h6-7,11-12,14-15,17,21-22H,8-10,13,16H2,1-5H3,(H,28,34)(H,32,33)/t21-,22-/m0/s1. The molecule has 3 rings (SSSR count). The van der Waals surface area contributed by atoms with Gasteiger partial charge in [-0.1, -0.05) is 13.8 Å². The number of morpholine rings is 1. The summed E-state index contributed by atoms with van der Waals surface area (Å²) in [6.45, 7) is 11.8. The van der Waals surface area contributed by atoms with E-state index in [9.17, 15) is 19.5 Å². The molecule has 0 aliphatic carbocycles. The van der Waals surface area contributed by atoms with Gasteiger partial charge in [-0.25, -0.2) is 0 Å². The number of aromatic nitrogens is 2. The first-order valence-corrected chi connectivity index (χ1v) is 12.0. The predicted molar refractivity (Wildman–Crippen MR) is 134 cm³/mol. The summed E-state index contributed by atoms with van der Waals surface area (Å²) in [5.74, 6) is -1.29. The van der Waals surface area contributed by atoms with E-state index >= 15 is 0 Å². The Morgan fingerprint density at radius 2 is 2.00 bits per heavy atom. The lowest BCUT2D eigenvalue weighted by atomic mass is 10.00. The monoisotopic (exact) mass is 484 g/mol. The molecule has 1 aliphatic heterocycles. The number of carboxylic acid groups (broad SMARTS) is 1. The number of nitrogens with zero attached hydrogens (tertiary/aromatic N) is 3. The smallest absolute Gasteiger partial charge is 0.305 e. The van der Waals surface area contributed by atoms with Gasteiger partial charge in [-0.15, -0.1) is 0 Å². The molecule has 1 saturated heterocycles. The Morgan fingerprint density at radius 1 is 1.26 bits per heavy atom. The molecule has 2 N–H and O–H groups in total. The van der Waals surface area contributed by atoms with Gasteiger partial charge in [0.25, 0.3) is 5.56 Å². The largest absolute Gasteiger partial charge is 0.481 e. The predicted octanol–water partition coefficient (Wildman–Crippen LogP) is 3.09. The van der Waals surface area contributed by atoms with Crippen molar-refractivity contribution in [2.45, 2.75) is 65.1 Å². The third-order valence-corrected chi connectivity index (χ3v) is 6.07. The SMILES string of the molecule is Cc1ccn([C@@H](CC(C)C)C(=O)N[C@@H](CC(=O)O)c2cncc(N3CCOC(C)(C)C3)c2)c(=O)c1. The summed E-state index contributed by atoms with van der Waals surface area (Å²) < 4.78 is 7.21. The number of aliphatic carboxylic acids is 1. The van der Waals surface area contributed by atoms with Crippen LogP contribution in [-0.4, -0.2) is 51.8 Å². The summed E-state index contributed by atoms with van der Waals surface area (Å²) in [5.41, 5.74) is 1.68. The van der Waals surface area contributed by atoms with Crippen LogP contribution in [0.5, 0.6) is 0 Å². The van der Waals surface area contributed by atoms with E-state index in [0.717, 1.165) is 11.3 Å². The summed E-state index contributed by atoms with van der Waals surface area (Å²) in [6.07, 6.45) is 5.08. The van der Waals surface area contributed by atoms with Crippen molar-refractivity contribution in [2.75, 3.05) is 24.6 Å². The lowest BCUT2D eigenvalue weighted by Crippen LogP contribution is -2.48. The summed E-state index contributed by atoms with van der Waals surface area (Å²) >= 11 is 0. The van der Waals surface area contributed by atoms with Crippen LogP contribution in [0, 0.1) is 12.8 Å². The molecule has 0 bridgehead atoms. The second-order valence-electron chi connectivity index (χ2n) is 10.3. The van der Waals surface area contributed by atoms with Crippen LogP contribution in [-0.2, 0) is 14.3 Å². The highest BCUT2D eigenvalue weighted by Gasteiger charge is 2.29. The van der Waals surface area contributed by atoms with Crippen LogP contribution in [0.15, 0.2) is 41.6 Å². The van der Waals surface area contributed by atoms with E-state index in [1.807, 2.05) is 40.7 Å². The number of carbonyl (C=O) groups excluding carboxylic acids is 1. The maximum atomic E-state index is 13.4. The highest BCUT2D eigenvalue weighted by Crippen LogP contribution is 2.27. The molecule has 0 spiro atoms. The van der Waals surface area contributed by atoms with Crippen molar-refractivity contribution in [3.8, 4) is 0 Å². The molecule has 1 aliphatic rings. The molecule has 0 unspecified atom stereocenters. The summed E-state index contributed by atoms with van der Waals surface area (Å²) in [6, 6.07) is 3.60. The molecule has 190 valence electrons. The Hall–Kier alpha value is -3.20. The van der Waals surface area contributed by atoms with Crippen molar-refractivity contribution in [1.29, 1.82) is 0 Å². The van der Waals surface area contributed by atoms with Gasteiger partial charge in [0.1, 0.15) is 6.04 Å². The van der Waals surface area contributed by atoms with Gasteiger partial charge in [-0.3, -0.25) is 19.4 Å². The highest BCUT2D eigenvalue weighted by molar-refractivity contribution is 5.81. The van der Waals surface area contributed by atoms with Crippen LogP contribution in [0.3, 0.4) is 0 Å². The Balaban J connectivity index is 1.89. The number of rotatable bonds is 9. The Morgan fingerprint density at radius 3 is 2.63 bits per heavy atom. The molecule has 0 saturated carbocycles. The fourth-order valence-corrected chi connectivity index (χ4v) is 4.38. The Kier molecular flexibility index (Phi) is 8.32. The summed E-state index contributed by atoms with van der Waals surface area (Å²) in [7, 11) is 0.